The van der Waals surface area contributed by atoms with E-state index in [4.69, 9.17) is 0 Å². The highest BCUT2D eigenvalue weighted by Gasteiger charge is 2.81. The number of hydrogen-bond acceptors (Lipinski definition) is 2. The highest BCUT2D eigenvalue weighted by molar-refractivity contribution is 5.69. The Balaban J connectivity index is 1.05. The number of carboxylic acids is 1. The van der Waals surface area contributed by atoms with Crippen molar-refractivity contribution in [3.05, 3.63) is 29.3 Å². The van der Waals surface area contributed by atoms with Gasteiger partial charge in [0, 0.05) is 6.42 Å². The number of aromatic hydroxyl groups is 1. The van der Waals surface area contributed by atoms with Gasteiger partial charge < -0.3 is 10.2 Å². The van der Waals surface area contributed by atoms with Gasteiger partial charge in [0.05, 0.1) is 5.92 Å². The van der Waals surface area contributed by atoms with Crippen molar-refractivity contribution >= 4 is 5.97 Å². The van der Waals surface area contributed by atoms with Crippen LogP contribution in [0.25, 0.3) is 0 Å². The van der Waals surface area contributed by atoms with Crippen LogP contribution in [-0.2, 0) is 11.2 Å². The normalized spacial score (nSPS) is 28.5. The molecular formula is C37H49F9O3. The first kappa shape index (κ1) is 38.1. The predicted octanol–water partition coefficient (Wildman–Crippen LogP) is 11.7. The largest absolute Gasteiger partial charge is 0.508 e. The zero-order valence-corrected chi connectivity index (χ0v) is 28.1. The van der Waals surface area contributed by atoms with Gasteiger partial charge in [-0.15, -0.1) is 0 Å². The first-order chi connectivity index (χ1) is 22.8. The molecule has 49 heavy (non-hydrogen) atoms. The van der Waals surface area contributed by atoms with Crippen LogP contribution in [0.3, 0.4) is 0 Å². The van der Waals surface area contributed by atoms with Crippen molar-refractivity contribution in [3.8, 4) is 5.75 Å². The Kier molecular flexibility index (Phi) is 10.7. The number of phenolic OH excluding ortho intramolecular Hbond substituents is 1. The summed E-state index contributed by atoms with van der Waals surface area (Å²) in [5.41, 5.74) is 3.69. The van der Waals surface area contributed by atoms with Crippen molar-refractivity contribution in [2.24, 2.45) is 34.5 Å². The summed E-state index contributed by atoms with van der Waals surface area (Å²) in [7, 11) is 0. The number of aliphatic carboxylic acids is 1. The zero-order chi connectivity index (χ0) is 36.0. The molecule has 1 spiro atoms. The van der Waals surface area contributed by atoms with Crippen molar-refractivity contribution in [3.63, 3.8) is 0 Å². The topological polar surface area (TPSA) is 57.5 Å². The summed E-state index contributed by atoms with van der Waals surface area (Å²) in [5, 5.41) is 19.6. The van der Waals surface area contributed by atoms with Gasteiger partial charge in [-0.2, -0.15) is 39.5 Å². The summed E-state index contributed by atoms with van der Waals surface area (Å²) in [6, 6.07) is 5.93. The molecule has 2 N–H and O–H groups in total. The van der Waals surface area contributed by atoms with Gasteiger partial charge in [-0.1, -0.05) is 57.9 Å². The number of hydrogen-bond donors (Lipinski definition) is 2. The number of fused-ring (bicyclic) bond motifs is 6. The van der Waals surface area contributed by atoms with E-state index in [1.807, 2.05) is 12.1 Å². The first-order valence-electron chi connectivity index (χ1n) is 18.0. The number of unbranched alkanes of at least 4 members (excludes halogenated alkanes) is 6. The zero-order valence-electron chi connectivity index (χ0n) is 28.1. The fraction of sp³-hybridized carbons (Fsp3) is 0.811. The first-order valence-corrected chi connectivity index (χ1v) is 18.0. The molecule has 0 saturated heterocycles. The molecule has 1 aromatic carbocycles. The van der Waals surface area contributed by atoms with Crippen LogP contribution in [0.15, 0.2) is 18.2 Å². The Labute approximate surface area is 282 Å². The van der Waals surface area contributed by atoms with Crippen molar-refractivity contribution in [1.82, 2.24) is 0 Å². The van der Waals surface area contributed by atoms with E-state index in [9.17, 15) is 54.5 Å². The Bertz CT molecular complexity index is 1320. The van der Waals surface area contributed by atoms with Gasteiger partial charge >= 0.3 is 29.9 Å². The van der Waals surface area contributed by atoms with Gasteiger partial charge in [0.15, 0.2) is 0 Å². The summed E-state index contributed by atoms with van der Waals surface area (Å²) in [6.07, 6.45) is 5.15. The lowest BCUT2D eigenvalue weighted by Crippen LogP contribution is -2.60. The number of carbonyl (C=O) groups is 1. The molecule has 5 unspecified atom stereocenters. The Hall–Kier alpha value is -2.14. The average Bonchev–Trinajstić information content (AvgIpc) is 3.75. The molecule has 0 aromatic heterocycles. The van der Waals surface area contributed by atoms with E-state index in [1.165, 1.54) is 49.7 Å². The Morgan fingerprint density at radius 1 is 0.837 bits per heavy atom. The number of carboxylic acid groups (broad SMARTS) is 1. The molecule has 4 aliphatic rings. The third kappa shape index (κ3) is 7.05. The highest BCUT2D eigenvalue weighted by Crippen LogP contribution is 2.76. The van der Waals surface area contributed by atoms with Crippen LogP contribution in [0.1, 0.15) is 133 Å². The third-order valence-electron chi connectivity index (χ3n) is 13.3. The molecule has 0 heterocycles. The highest BCUT2D eigenvalue weighted by atomic mass is 19.4. The second-order valence-electron chi connectivity index (χ2n) is 15.9. The van der Waals surface area contributed by atoms with Gasteiger partial charge in [0.2, 0.25) is 0 Å². The van der Waals surface area contributed by atoms with Crippen molar-refractivity contribution in [2.75, 3.05) is 0 Å². The maximum atomic E-state index is 13.9. The van der Waals surface area contributed by atoms with E-state index in [-0.39, 0.29) is 12.8 Å². The van der Waals surface area contributed by atoms with Gasteiger partial charge in [-0.3, -0.25) is 4.79 Å². The van der Waals surface area contributed by atoms with E-state index < -0.39 is 48.7 Å². The van der Waals surface area contributed by atoms with Gasteiger partial charge in [-0.25, -0.2) is 0 Å². The Morgan fingerprint density at radius 3 is 2.08 bits per heavy atom. The van der Waals surface area contributed by atoms with Crippen molar-refractivity contribution < 1.29 is 54.5 Å². The molecule has 0 aliphatic heterocycles. The van der Waals surface area contributed by atoms with Crippen molar-refractivity contribution in [1.29, 1.82) is 0 Å². The van der Waals surface area contributed by atoms with Gasteiger partial charge in [-0.05, 0) is 122 Å². The summed E-state index contributed by atoms with van der Waals surface area (Å²) in [6.45, 7) is 2.56. The van der Waals surface area contributed by atoms with Crippen LogP contribution in [0.4, 0.5) is 39.5 Å². The number of rotatable bonds is 16. The molecular weight excluding hydrogens is 663 g/mol. The van der Waals surface area contributed by atoms with Crippen LogP contribution in [-0.4, -0.2) is 40.1 Å². The lowest BCUT2D eigenvalue weighted by atomic mass is 9.50. The number of benzene rings is 1. The van der Waals surface area contributed by atoms with Crippen LogP contribution >= 0.6 is 0 Å². The van der Waals surface area contributed by atoms with E-state index in [2.05, 4.69) is 13.0 Å². The maximum absolute atomic E-state index is 13.9. The fourth-order valence-electron chi connectivity index (χ4n) is 10.3. The van der Waals surface area contributed by atoms with Crippen LogP contribution < -0.4 is 0 Å². The maximum Gasteiger partial charge on any atom is 0.460 e. The summed E-state index contributed by atoms with van der Waals surface area (Å²) >= 11 is 0. The van der Waals surface area contributed by atoms with E-state index in [0.29, 0.717) is 40.8 Å². The van der Waals surface area contributed by atoms with Gasteiger partial charge in [0.25, 0.3) is 0 Å². The standard InChI is InChI=1S/C37H49F9O3/c1-32-16-14-28-27-12-11-26(47)22-25(27)21-24(30(28)29(32)15-17-33(32)19-20-33)10-8-6-4-2-3-5-7-9-23(31(48)49)13-18-34(38,39)35(40,41)36(42,43)37(44,45)46/h11-12,22-24,28-30,47H,2-10,13-21H2,1H3,(H,48,49)/t23?,24?,28?,29?,30?,32-/m0/s1. The minimum atomic E-state index is -6.97. The smallest absolute Gasteiger partial charge is 0.460 e. The number of phenols is 1. The monoisotopic (exact) mass is 712 g/mol. The predicted molar refractivity (Wildman–Crippen MR) is 166 cm³/mol. The molecule has 3 nitrogen and oxygen atoms in total. The minimum absolute atomic E-state index is 0.171. The molecule has 3 fully saturated rings. The lowest BCUT2D eigenvalue weighted by molar-refractivity contribution is -0.396. The second-order valence-corrected chi connectivity index (χ2v) is 15.9. The third-order valence-corrected chi connectivity index (χ3v) is 13.3. The van der Waals surface area contributed by atoms with Gasteiger partial charge in [0.1, 0.15) is 5.75 Å². The van der Waals surface area contributed by atoms with Crippen LogP contribution in [0, 0.1) is 34.5 Å². The molecule has 1 aromatic rings. The molecule has 6 atom stereocenters. The molecule has 4 aliphatic carbocycles. The van der Waals surface area contributed by atoms with Crippen LogP contribution in [0.2, 0.25) is 0 Å². The molecule has 5 rings (SSSR count). The fourth-order valence-corrected chi connectivity index (χ4v) is 10.3. The molecule has 3 saturated carbocycles. The molecule has 0 bridgehead atoms. The van der Waals surface area contributed by atoms with Crippen LogP contribution in [0.5, 0.6) is 5.75 Å². The van der Waals surface area contributed by atoms with E-state index >= 15 is 0 Å². The van der Waals surface area contributed by atoms with E-state index in [1.54, 1.807) is 0 Å². The summed E-state index contributed by atoms with van der Waals surface area (Å²) in [4.78, 5) is 11.5. The molecule has 12 heteroatoms. The van der Waals surface area contributed by atoms with E-state index in [0.717, 1.165) is 50.9 Å². The van der Waals surface area contributed by atoms with Crippen molar-refractivity contribution in [2.45, 2.75) is 152 Å². The summed E-state index contributed by atoms with van der Waals surface area (Å²) < 4.78 is 118. The second kappa shape index (κ2) is 13.8. The molecule has 278 valence electrons. The quantitative estimate of drug-likeness (QED) is 0.133. The summed E-state index contributed by atoms with van der Waals surface area (Å²) in [5.74, 6) is -19.8. The number of alkyl halides is 9. The number of halogens is 9. The molecule has 0 radical (unpaired) electrons. The lowest BCUT2D eigenvalue weighted by Gasteiger charge is -2.54. The minimum Gasteiger partial charge on any atom is -0.508 e. The SMILES string of the molecule is C[C@]12CCC3c4ccc(O)cc4CC(CCCCCCCCCC(CCC(F)(F)C(F)(F)C(F)(F)C(F)(F)F)C(=O)O)C3C1CCC21CC1. The average molecular weight is 713 g/mol. The molecule has 0 amide bonds. The Morgan fingerprint density at radius 2 is 1.47 bits per heavy atom.